The van der Waals surface area contributed by atoms with Crippen LogP contribution in [-0.4, -0.2) is 79.0 Å². The first kappa shape index (κ1) is 31.6. The molecule has 6 rings (SSSR count). The maximum absolute atomic E-state index is 14.9. The maximum Gasteiger partial charge on any atom is 0.241 e. The number of carbonyl (C=O) groups is 3. The number of methoxy groups -OCH3 is 1. The second-order valence-corrected chi connectivity index (χ2v) is 13.7. The van der Waals surface area contributed by atoms with Gasteiger partial charge in [0, 0.05) is 31.9 Å². The van der Waals surface area contributed by atoms with Crippen molar-refractivity contribution in [3.05, 3.63) is 53.4 Å². The lowest BCUT2D eigenvalue weighted by Crippen LogP contribution is -2.61. The summed E-state index contributed by atoms with van der Waals surface area (Å²) in [5, 5.41) is 0.586. The highest BCUT2D eigenvalue weighted by Gasteiger charge is 2.57. The summed E-state index contributed by atoms with van der Waals surface area (Å²) in [4.78, 5) is 50.9. The van der Waals surface area contributed by atoms with Crippen LogP contribution in [0.1, 0.15) is 74.0 Å². The largest absolute Gasteiger partial charge is 0.496 e. The van der Waals surface area contributed by atoms with Crippen LogP contribution >= 0.6 is 11.3 Å². The van der Waals surface area contributed by atoms with E-state index in [4.69, 9.17) is 18.6 Å². The fourth-order valence-electron chi connectivity index (χ4n) is 6.82. The monoisotopic (exact) mass is 635 g/mol. The highest BCUT2D eigenvalue weighted by atomic mass is 32.1. The maximum atomic E-state index is 14.9. The highest BCUT2D eigenvalue weighted by Crippen LogP contribution is 2.52. The number of ether oxygens (including phenoxy) is 3. The van der Waals surface area contributed by atoms with Crippen LogP contribution in [0.25, 0.3) is 10.8 Å². The molecule has 1 aromatic carbocycles. The van der Waals surface area contributed by atoms with E-state index in [-0.39, 0.29) is 30.1 Å². The lowest BCUT2D eigenvalue weighted by Gasteiger charge is -2.48. The number of thiophene rings is 1. The SMILES string of the molecule is COc1ccccc1[C@H](CN1C(=O)C2(CCN(C(C)(C)C(C)=O)CC2)C(=O)c2c1sc(-c1ncco1)c2C)OC1CCOCC1. The number of benzene rings is 1. The predicted molar refractivity (Wildman–Crippen MR) is 170 cm³/mol. The van der Waals surface area contributed by atoms with E-state index >= 15 is 0 Å². The molecule has 5 heterocycles. The zero-order valence-corrected chi connectivity index (χ0v) is 27.4. The summed E-state index contributed by atoms with van der Waals surface area (Å²) in [7, 11) is 1.63. The highest BCUT2D eigenvalue weighted by molar-refractivity contribution is 7.20. The molecule has 2 fully saturated rings. The number of Topliss-reactive ketones (excluding diaryl/α,β-unsaturated/α-hetero) is 2. The van der Waals surface area contributed by atoms with Gasteiger partial charge in [0.2, 0.25) is 11.8 Å². The van der Waals surface area contributed by atoms with Gasteiger partial charge in [-0.05, 0) is 65.0 Å². The molecular formula is C34H41N3O7S. The van der Waals surface area contributed by atoms with E-state index in [2.05, 4.69) is 9.88 Å². The smallest absolute Gasteiger partial charge is 0.241 e. The minimum absolute atomic E-state index is 0.0476. The lowest BCUT2D eigenvalue weighted by atomic mass is 9.68. The molecule has 1 spiro atoms. The Morgan fingerprint density at radius 3 is 2.53 bits per heavy atom. The molecule has 0 N–H and O–H groups in total. The molecule has 45 heavy (non-hydrogen) atoms. The molecule has 0 bridgehead atoms. The summed E-state index contributed by atoms with van der Waals surface area (Å²) < 4.78 is 23.8. The van der Waals surface area contributed by atoms with Gasteiger partial charge in [-0.1, -0.05) is 18.2 Å². The van der Waals surface area contributed by atoms with Crippen LogP contribution in [0.15, 0.2) is 41.1 Å². The molecule has 2 saturated heterocycles. The van der Waals surface area contributed by atoms with Gasteiger partial charge in [-0.15, -0.1) is 11.3 Å². The Balaban J connectivity index is 1.43. The summed E-state index contributed by atoms with van der Waals surface area (Å²) in [5.41, 5.74) is 0.198. The van der Waals surface area contributed by atoms with E-state index in [0.29, 0.717) is 61.3 Å². The number of hydrogen-bond donors (Lipinski definition) is 0. The third kappa shape index (κ3) is 5.54. The van der Waals surface area contributed by atoms with Crippen LogP contribution in [0.2, 0.25) is 0 Å². The minimum atomic E-state index is -1.25. The second-order valence-electron chi connectivity index (χ2n) is 12.7. The van der Waals surface area contributed by atoms with Crippen molar-refractivity contribution in [2.75, 3.05) is 44.9 Å². The third-order valence-electron chi connectivity index (χ3n) is 9.94. The number of amides is 1. The first-order valence-electron chi connectivity index (χ1n) is 15.6. The van der Waals surface area contributed by atoms with E-state index in [1.807, 2.05) is 45.0 Å². The Morgan fingerprint density at radius 1 is 1.18 bits per heavy atom. The number of fused-ring (bicyclic) bond motifs is 1. The Hall–Kier alpha value is -3.38. The van der Waals surface area contributed by atoms with Gasteiger partial charge in [-0.25, -0.2) is 4.98 Å². The van der Waals surface area contributed by atoms with Gasteiger partial charge in [-0.3, -0.25) is 24.2 Å². The summed E-state index contributed by atoms with van der Waals surface area (Å²) >= 11 is 1.35. The van der Waals surface area contributed by atoms with Crippen molar-refractivity contribution in [1.29, 1.82) is 0 Å². The average Bonchev–Trinajstić information content (AvgIpc) is 3.70. The van der Waals surface area contributed by atoms with Crippen molar-refractivity contribution >= 4 is 33.8 Å². The van der Waals surface area contributed by atoms with Crippen LogP contribution in [0.5, 0.6) is 5.75 Å². The number of hydrogen-bond acceptors (Lipinski definition) is 10. The molecule has 11 heteroatoms. The molecule has 2 aromatic heterocycles. The van der Waals surface area contributed by atoms with E-state index in [9.17, 15) is 14.4 Å². The molecule has 10 nitrogen and oxygen atoms in total. The number of nitrogens with zero attached hydrogens (tertiary/aromatic N) is 3. The van der Waals surface area contributed by atoms with Crippen molar-refractivity contribution in [3.8, 4) is 16.5 Å². The van der Waals surface area contributed by atoms with Gasteiger partial charge in [0.1, 0.15) is 34.3 Å². The van der Waals surface area contributed by atoms with Crippen LogP contribution < -0.4 is 9.64 Å². The molecule has 1 amide bonds. The molecule has 3 aliphatic heterocycles. The quantitative estimate of drug-likeness (QED) is 0.276. The third-order valence-corrected chi connectivity index (χ3v) is 11.2. The lowest BCUT2D eigenvalue weighted by molar-refractivity contribution is -0.133. The molecule has 0 unspecified atom stereocenters. The number of ketones is 2. The number of oxazole rings is 1. The minimum Gasteiger partial charge on any atom is -0.496 e. The molecule has 0 radical (unpaired) electrons. The second kappa shape index (κ2) is 12.4. The average molecular weight is 636 g/mol. The van der Waals surface area contributed by atoms with Gasteiger partial charge in [0.15, 0.2) is 5.78 Å². The normalized spacial score (nSPS) is 20.0. The van der Waals surface area contributed by atoms with E-state index in [1.54, 1.807) is 25.1 Å². The Labute approximate surface area is 267 Å². The van der Waals surface area contributed by atoms with Gasteiger partial charge in [0.05, 0.1) is 41.9 Å². The van der Waals surface area contributed by atoms with Crippen molar-refractivity contribution in [1.82, 2.24) is 9.88 Å². The van der Waals surface area contributed by atoms with Crippen LogP contribution in [0, 0.1) is 12.3 Å². The molecule has 1 atom stereocenters. The Bertz CT molecular complexity index is 1570. The van der Waals surface area contributed by atoms with E-state index < -0.39 is 17.1 Å². The van der Waals surface area contributed by atoms with Crippen molar-refractivity contribution in [2.45, 2.75) is 71.1 Å². The number of likely N-dealkylation sites (tertiary alicyclic amines) is 1. The van der Waals surface area contributed by atoms with Gasteiger partial charge < -0.3 is 18.6 Å². The summed E-state index contributed by atoms with van der Waals surface area (Å²) in [6.07, 6.45) is 4.66. The predicted octanol–water partition coefficient (Wildman–Crippen LogP) is 5.64. The summed E-state index contributed by atoms with van der Waals surface area (Å²) in [5.74, 6) is 0.755. The van der Waals surface area contributed by atoms with Crippen LogP contribution in [0.4, 0.5) is 5.00 Å². The number of rotatable bonds is 9. The number of anilines is 1. The fourth-order valence-corrected chi connectivity index (χ4v) is 8.07. The van der Waals surface area contributed by atoms with Gasteiger partial charge in [0.25, 0.3) is 0 Å². The molecule has 0 saturated carbocycles. The first-order valence-corrected chi connectivity index (χ1v) is 16.4. The van der Waals surface area contributed by atoms with Gasteiger partial charge >= 0.3 is 0 Å². The number of carbonyl (C=O) groups excluding carboxylic acids is 3. The van der Waals surface area contributed by atoms with E-state index in [1.165, 1.54) is 17.6 Å². The summed E-state index contributed by atoms with van der Waals surface area (Å²) in [6.45, 7) is 9.64. The number of piperidine rings is 1. The van der Waals surface area contributed by atoms with Crippen molar-refractivity contribution < 1.29 is 33.0 Å². The standard InChI is InChI=1S/C34H41N3O7S/c1-21-27-29(39)34(12-15-36(16-13-34)33(3,4)22(2)38)32(40)37(31(27)45-28(21)30-35-14-19-43-30)20-26(44-23-10-17-42-18-11-23)24-8-6-7-9-25(24)41-5/h6-9,14,19,23,26H,10-13,15-18,20H2,1-5H3/t26-/m0/s1. The molecule has 0 aliphatic carbocycles. The Morgan fingerprint density at radius 2 is 1.89 bits per heavy atom. The van der Waals surface area contributed by atoms with Crippen LogP contribution in [0.3, 0.4) is 0 Å². The molecule has 240 valence electrons. The van der Waals surface area contributed by atoms with Crippen molar-refractivity contribution in [3.63, 3.8) is 0 Å². The Kier molecular flexibility index (Phi) is 8.73. The van der Waals surface area contributed by atoms with Crippen LogP contribution in [-0.2, 0) is 19.1 Å². The molecule has 3 aromatic rings. The number of aromatic nitrogens is 1. The zero-order valence-electron chi connectivity index (χ0n) is 26.6. The fraction of sp³-hybridized carbons (Fsp3) is 0.529. The van der Waals surface area contributed by atoms with Crippen molar-refractivity contribution in [2.24, 2.45) is 5.41 Å². The number of para-hydroxylation sites is 1. The summed E-state index contributed by atoms with van der Waals surface area (Å²) in [6, 6.07) is 7.72. The molecular weight excluding hydrogens is 594 g/mol. The molecule has 3 aliphatic rings. The van der Waals surface area contributed by atoms with Gasteiger partial charge in [-0.2, -0.15) is 0 Å². The first-order chi connectivity index (χ1) is 21.6. The topological polar surface area (TPSA) is 111 Å². The zero-order chi connectivity index (χ0) is 31.9. The van der Waals surface area contributed by atoms with E-state index in [0.717, 1.165) is 28.8 Å².